The Morgan fingerprint density at radius 2 is 2.25 bits per heavy atom. The zero-order valence-electron chi connectivity index (χ0n) is 8.78. The third kappa shape index (κ3) is 1.19. The number of fused-ring (bicyclic) bond motifs is 1. The first-order chi connectivity index (χ1) is 7.90. The molecule has 0 aromatic carbocycles. The van der Waals surface area contributed by atoms with Gasteiger partial charge in [0.15, 0.2) is 5.82 Å². The SMILES string of the molecule is CCn1cnnc1-c1cnn2ccncc12. The van der Waals surface area contributed by atoms with Gasteiger partial charge in [-0.1, -0.05) is 0 Å². The van der Waals surface area contributed by atoms with Crippen LogP contribution in [-0.4, -0.2) is 29.4 Å². The van der Waals surface area contributed by atoms with E-state index in [0.717, 1.165) is 23.4 Å². The minimum atomic E-state index is 0.825. The minimum absolute atomic E-state index is 0.825. The van der Waals surface area contributed by atoms with Gasteiger partial charge in [-0.15, -0.1) is 10.2 Å². The lowest BCUT2D eigenvalue weighted by atomic mass is 10.3. The molecule has 16 heavy (non-hydrogen) atoms. The van der Waals surface area contributed by atoms with Crippen molar-refractivity contribution < 1.29 is 0 Å². The summed E-state index contributed by atoms with van der Waals surface area (Å²) in [5.74, 6) is 0.825. The molecule has 3 aromatic heterocycles. The van der Waals surface area contributed by atoms with Crippen LogP contribution in [-0.2, 0) is 6.54 Å². The van der Waals surface area contributed by atoms with E-state index in [0.29, 0.717) is 0 Å². The van der Waals surface area contributed by atoms with E-state index in [2.05, 4.69) is 27.2 Å². The van der Waals surface area contributed by atoms with Gasteiger partial charge in [0.2, 0.25) is 0 Å². The van der Waals surface area contributed by atoms with E-state index in [4.69, 9.17) is 0 Å². The van der Waals surface area contributed by atoms with Gasteiger partial charge in [-0.05, 0) is 6.92 Å². The molecule has 3 rings (SSSR count). The molecule has 0 spiro atoms. The Morgan fingerprint density at radius 3 is 3.12 bits per heavy atom. The number of rotatable bonds is 2. The summed E-state index contributed by atoms with van der Waals surface area (Å²) in [5.41, 5.74) is 1.89. The van der Waals surface area contributed by atoms with E-state index in [1.54, 1.807) is 29.4 Å². The Morgan fingerprint density at radius 1 is 1.31 bits per heavy atom. The van der Waals surface area contributed by atoms with Gasteiger partial charge in [-0.3, -0.25) is 4.98 Å². The third-order valence-electron chi connectivity index (χ3n) is 2.52. The topological polar surface area (TPSA) is 60.9 Å². The smallest absolute Gasteiger partial charge is 0.167 e. The summed E-state index contributed by atoms with van der Waals surface area (Å²) in [7, 11) is 0. The van der Waals surface area contributed by atoms with Crippen LogP contribution in [0.4, 0.5) is 0 Å². The van der Waals surface area contributed by atoms with E-state index in [9.17, 15) is 0 Å². The van der Waals surface area contributed by atoms with Gasteiger partial charge in [0.25, 0.3) is 0 Å². The summed E-state index contributed by atoms with van der Waals surface area (Å²) in [5, 5.41) is 12.3. The van der Waals surface area contributed by atoms with Crippen molar-refractivity contribution in [3.8, 4) is 11.4 Å². The van der Waals surface area contributed by atoms with Crippen LogP contribution in [0, 0.1) is 0 Å². The fourth-order valence-electron chi connectivity index (χ4n) is 1.70. The maximum absolute atomic E-state index is 4.25. The summed E-state index contributed by atoms with van der Waals surface area (Å²) in [4.78, 5) is 4.09. The molecule has 80 valence electrons. The summed E-state index contributed by atoms with van der Waals surface area (Å²) < 4.78 is 3.75. The predicted octanol–water partition coefficient (Wildman–Crippen LogP) is 1.01. The Bertz CT molecular complexity index is 623. The van der Waals surface area contributed by atoms with Gasteiger partial charge in [0.1, 0.15) is 6.33 Å². The van der Waals surface area contributed by atoms with Crippen LogP contribution in [0.2, 0.25) is 0 Å². The Balaban J connectivity index is 2.26. The van der Waals surface area contributed by atoms with Crippen molar-refractivity contribution in [2.24, 2.45) is 0 Å². The van der Waals surface area contributed by atoms with Crippen molar-refractivity contribution in [2.45, 2.75) is 13.5 Å². The first kappa shape index (κ1) is 9.02. The van der Waals surface area contributed by atoms with Crippen molar-refractivity contribution in [1.82, 2.24) is 29.4 Å². The molecule has 0 N–H and O–H groups in total. The second-order valence-electron chi connectivity index (χ2n) is 3.40. The van der Waals surface area contributed by atoms with Gasteiger partial charge < -0.3 is 4.57 Å². The minimum Gasteiger partial charge on any atom is -0.314 e. The molecule has 3 heterocycles. The van der Waals surface area contributed by atoms with Gasteiger partial charge in [0.05, 0.1) is 23.5 Å². The zero-order chi connectivity index (χ0) is 11.0. The molecule has 0 radical (unpaired) electrons. The van der Waals surface area contributed by atoms with Crippen molar-refractivity contribution in [2.75, 3.05) is 0 Å². The molecule has 0 bridgehead atoms. The highest BCUT2D eigenvalue weighted by Crippen LogP contribution is 2.21. The highest BCUT2D eigenvalue weighted by atomic mass is 15.3. The molecule has 0 fully saturated rings. The van der Waals surface area contributed by atoms with Crippen molar-refractivity contribution in [3.05, 3.63) is 31.1 Å². The van der Waals surface area contributed by atoms with Crippen LogP contribution in [0.1, 0.15) is 6.92 Å². The fourth-order valence-corrected chi connectivity index (χ4v) is 1.70. The number of aryl methyl sites for hydroxylation is 1. The van der Waals surface area contributed by atoms with Gasteiger partial charge in [-0.25, -0.2) is 4.52 Å². The second kappa shape index (κ2) is 3.41. The average molecular weight is 214 g/mol. The molecule has 3 aromatic rings. The molecular weight excluding hydrogens is 204 g/mol. The molecular formula is C10H10N6. The summed E-state index contributed by atoms with van der Waals surface area (Å²) in [6.45, 7) is 2.89. The van der Waals surface area contributed by atoms with E-state index < -0.39 is 0 Å². The normalized spacial score (nSPS) is 11.1. The van der Waals surface area contributed by atoms with Gasteiger partial charge >= 0.3 is 0 Å². The molecule has 0 aliphatic carbocycles. The lowest BCUT2D eigenvalue weighted by molar-refractivity contribution is 0.767. The zero-order valence-corrected chi connectivity index (χ0v) is 8.78. The summed E-state index contributed by atoms with van der Waals surface area (Å²) >= 11 is 0. The van der Waals surface area contributed by atoms with Gasteiger partial charge in [0, 0.05) is 18.9 Å². The predicted molar refractivity (Wildman–Crippen MR) is 57.7 cm³/mol. The molecule has 0 saturated heterocycles. The Labute approximate surface area is 91.6 Å². The van der Waals surface area contributed by atoms with Crippen LogP contribution in [0.3, 0.4) is 0 Å². The van der Waals surface area contributed by atoms with E-state index in [1.165, 1.54) is 0 Å². The van der Waals surface area contributed by atoms with Crippen LogP contribution < -0.4 is 0 Å². The largest absolute Gasteiger partial charge is 0.314 e. The number of hydrogen-bond acceptors (Lipinski definition) is 4. The van der Waals surface area contributed by atoms with Crippen LogP contribution in [0.15, 0.2) is 31.1 Å². The monoisotopic (exact) mass is 214 g/mol. The molecule has 0 aliphatic heterocycles. The fraction of sp³-hybridized carbons (Fsp3) is 0.200. The lowest BCUT2D eigenvalue weighted by Crippen LogP contribution is -1.95. The summed E-state index contributed by atoms with van der Waals surface area (Å²) in [6.07, 6.45) is 8.79. The lowest BCUT2D eigenvalue weighted by Gasteiger charge is -2.00. The molecule has 0 amide bonds. The first-order valence-electron chi connectivity index (χ1n) is 5.05. The third-order valence-corrected chi connectivity index (χ3v) is 2.52. The highest BCUT2D eigenvalue weighted by Gasteiger charge is 2.11. The van der Waals surface area contributed by atoms with Crippen molar-refractivity contribution in [3.63, 3.8) is 0 Å². The first-order valence-corrected chi connectivity index (χ1v) is 5.05. The molecule has 0 saturated carbocycles. The summed E-state index contributed by atoms with van der Waals surface area (Å²) in [6, 6.07) is 0. The molecule has 6 nitrogen and oxygen atoms in total. The molecule has 0 unspecified atom stereocenters. The van der Waals surface area contributed by atoms with Crippen molar-refractivity contribution >= 4 is 5.52 Å². The molecule has 6 heteroatoms. The quantitative estimate of drug-likeness (QED) is 0.638. The molecule has 0 aliphatic rings. The van der Waals surface area contributed by atoms with Crippen LogP contribution >= 0.6 is 0 Å². The maximum Gasteiger partial charge on any atom is 0.167 e. The number of hydrogen-bond donors (Lipinski definition) is 0. The van der Waals surface area contributed by atoms with Crippen molar-refractivity contribution in [1.29, 1.82) is 0 Å². The van der Waals surface area contributed by atoms with E-state index in [-0.39, 0.29) is 0 Å². The molecule has 0 atom stereocenters. The number of nitrogens with zero attached hydrogens (tertiary/aromatic N) is 6. The van der Waals surface area contributed by atoms with E-state index >= 15 is 0 Å². The number of aromatic nitrogens is 6. The standard InChI is InChI=1S/C10H10N6/c1-2-15-7-12-14-10(15)8-5-13-16-4-3-11-6-9(8)16/h3-7H,2H2,1H3. The van der Waals surface area contributed by atoms with Crippen LogP contribution in [0.25, 0.3) is 16.9 Å². The Hall–Kier alpha value is -2.24. The van der Waals surface area contributed by atoms with E-state index in [1.807, 2.05) is 10.8 Å². The maximum atomic E-state index is 4.25. The highest BCUT2D eigenvalue weighted by molar-refractivity contribution is 5.74. The second-order valence-corrected chi connectivity index (χ2v) is 3.40. The van der Waals surface area contributed by atoms with Crippen LogP contribution in [0.5, 0.6) is 0 Å². The average Bonchev–Trinajstić information content (AvgIpc) is 2.94. The van der Waals surface area contributed by atoms with Gasteiger partial charge in [-0.2, -0.15) is 5.10 Å². The Kier molecular flexibility index (Phi) is 1.92.